The summed E-state index contributed by atoms with van der Waals surface area (Å²) in [7, 11) is 1.74. The summed E-state index contributed by atoms with van der Waals surface area (Å²) in [6.07, 6.45) is 5.47. The second-order valence-electron chi connectivity index (χ2n) is 6.88. The van der Waals surface area contributed by atoms with Crippen LogP contribution in [0.5, 0.6) is 0 Å². The van der Waals surface area contributed by atoms with E-state index in [0.717, 1.165) is 18.7 Å². The van der Waals surface area contributed by atoms with E-state index in [4.69, 9.17) is 5.26 Å². The lowest BCUT2D eigenvalue weighted by Crippen LogP contribution is -2.39. The molecule has 2 rings (SSSR count). The Morgan fingerprint density at radius 3 is 2.60 bits per heavy atom. The van der Waals surface area contributed by atoms with E-state index in [-0.39, 0.29) is 11.9 Å². The summed E-state index contributed by atoms with van der Waals surface area (Å²) in [6, 6.07) is 10.1. The van der Waals surface area contributed by atoms with Gasteiger partial charge in [0.25, 0.3) is 0 Å². The van der Waals surface area contributed by atoms with Gasteiger partial charge in [-0.05, 0) is 57.0 Å². The molecule has 25 heavy (non-hydrogen) atoms. The Kier molecular flexibility index (Phi) is 7.75. The Morgan fingerprint density at radius 2 is 1.96 bits per heavy atom. The third kappa shape index (κ3) is 6.39. The number of likely N-dealkylation sites (N-methyl/N-ethyl adjacent to an activating group) is 1. The molecule has 0 aromatic heterocycles. The van der Waals surface area contributed by atoms with E-state index in [1.807, 2.05) is 19.1 Å². The summed E-state index contributed by atoms with van der Waals surface area (Å²) in [6.45, 7) is 5.93. The van der Waals surface area contributed by atoms with Crippen molar-refractivity contribution in [3.8, 4) is 6.07 Å². The number of piperidine rings is 1. The van der Waals surface area contributed by atoms with E-state index in [2.05, 4.69) is 28.4 Å². The van der Waals surface area contributed by atoms with Gasteiger partial charge in [-0.1, -0.05) is 18.6 Å². The first-order valence-electron chi connectivity index (χ1n) is 9.30. The third-order valence-corrected chi connectivity index (χ3v) is 4.81. The number of rotatable bonds is 8. The van der Waals surface area contributed by atoms with Crippen LogP contribution in [-0.4, -0.2) is 55.0 Å². The zero-order valence-corrected chi connectivity index (χ0v) is 15.5. The maximum Gasteiger partial charge on any atom is 0.244 e. The van der Waals surface area contributed by atoms with Crippen LogP contribution >= 0.6 is 0 Å². The number of carbonyl (C=O) groups excluding carboxylic acids is 1. The molecular weight excluding hydrogens is 312 g/mol. The van der Waals surface area contributed by atoms with Crippen molar-refractivity contribution in [2.45, 2.75) is 45.1 Å². The lowest BCUT2D eigenvalue weighted by molar-refractivity contribution is -0.130. The maximum absolute atomic E-state index is 12.2. The minimum Gasteiger partial charge on any atom is -0.374 e. The van der Waals surface area contributed by atoms with Gasteiger partial charge < -0.3 is 15.1 Å². The van der Waals surface area contributed by atoms with Gasteiger partial charge in [-0.3, -0.25) is 4.79 Å². The zero-order chi connectivity index (χ0) is 18.1. The highest BCUT2D eigenvalue weighted by Crippen LogP contribution is 2.14. The first-order chi connectivity index (χ1) is 12.1. The Balaban J connectivity index is 1.78. The summed E-state index contributed by atoms with van der Waals surface area (Å²) in [5.41, 5.74) is 2.29. The highest BCUT2D eigenvalue weighted by Gasteiger charge is 2.17. The maximum atomic E-state index is 12.2. The van der Waals surface area contributed by atoms with Gasteiger partial charge in [-0.2, -0.15) is 5.26 Å². The van der Waals surface area contributed by atoms with Gasteiger partial charge in [0, 0.05) is 25.8 Å². The lowest BCUT2D eigenvalue weighted by atomic mass is 10.1. The SMILES string of the molecule is C[C@@H](Nc1ccc(CCN2CCCCC2)cc1)C(=O)N(C)CCC#N. The molecule has 5 nitrogen and oxygen atoms in total. The van der Waals surface area contributed by atoms with Crippen LogP contribution in [0.4, 0.5) is 5.69 Å². The summed E-state index contributed by atoms with van der Waals surface area (Å²) in [5.74, 6) is 0.00410. The molecule has 1 heterocycles. The number of hydrogen-bond acceptors (Lipinski definition) is 4. The third-order valence-electron chi connectivity index (χ3n) is 4.81. The van der Waals surface area contributed by atoms with E-state index in [9.17, 15) is 4.79 Å². The predicted molar refractivity (Wildman–Crippen MR) is 101 cm³/mol. The van der Waals surface area contributed by atoms with Gasteiger partial charge in [0.05, 0.1) is 12.5 Å². The van der Waals surface area contributed by atoms with Crippen molar-refractivity contribution in [1.29, 1.82) is 5.26 Å². The molecule has 0 unspecified atom stereocenters. The fraction of sp³-hybridized carbons (Fsp3) is 0.600. The summed E-state index contributed by atoms with van der Waals surface area (Å²) < 4.78 is 0. The first kappa shape index (κ1) is 19.3. The molecule has 1 aliphatic rings. The molecule has 1 N–H and O–H groups in total. The van der Waals surface area contributed by atoms with Crippen LogP contribution in [0.2, 0.25) is 0 Å². The van der Waals surface area contributed by atoms with Gasteiger partial charge in [-0.25, -0.2) is 0 Å². The average Bonchev–Trinajstić information content (AvgIpc) is 2.65. The number of benzene rings is 1. The molecule has 136 valence electrons. The minimum absolute atomic E-state index is 0.00410. The van der Waals surface area contributed by atoms with Crippen molar-refractivity contribution in [1.82, 2.24) is 9.80 Å². The highest BCUT2D eigenvalue weighted by molar-refractivity contribution is 5.84. The van der Waals surface area contributed by atoms with Gasteiger partial charge in [-0.15, -0.1) is 0 Å². The molecule has 5 heteroatoms. The van der Waals surface area contributed by atoms with Crippen LogP contribution in [0.3, 0.4) is 0 Å². The second kappa shape index (κ2) is 10.0. The largest absolute Gasteiger partial charge is 0.374 e. The first-order valence-corrected chi connectivity index (χ1v) is 9.30. The molecule has 0 radical (unpaired) electrons. The van der Waals surface area contributed by atoms with Gasteiger partial charge in [0.15, 0.2) is 0 Å². The second-order valence-corrected chi connectivity index (χ2v) is 6.88. The molecule has 1 aliphatic heterocycles. The number of anilines is 1. The Labute approximate surface area is 151 Å². The monoisotopic (exact) mass is 342 g/mol. The molecule has 1 amide bonds. The van der Waals surface area contributed by atoms with Crippen LogP contribution in [0.25, 0.3) is 0 Å². The van der Waals surface area contributed by atoms with Crippen molar-refractivity contribution in [3.63, 3.8) is 0 Å². The van der Waals surface area contributed by atoms with E-state index < -0.39 is 0 Å². The Bertz CT molecular complexity index is 572. The van der Waals surface area contributed by atoms with E-state index in [0.29, 0.717) is 13.0 Å². The molecule has 1 aromatic rings. The standard InChI is InChI=1S/C20H30N4O/c1-17(20(25)23(2)13-6-12-21)22-19-9-7-18(8-10-19)11-16-24-14-4-3-5-15-24/h7-10,17,22H,3-6,11,13-16H2,1-2H3/t17-/m1/s1. The summed E-state index contributed by atoms with van der Waals surface area (Å²) in [5, 5.41) is 11.9. The molecule has 0 aliphatic carbocycles. The van der Waals surface area contributed by atoms with Gasteiger partial charge in [0.1, 0.15) is 6.04 Å². The van der Waals surface area contributed by atoms with Crippen molar-refractivity contribution in [3.05, 3.63) is 29.8 Å². The molecule has 1 atom stereocenters. The number of nitrogens with zero attached hydrogens (tertiary/aromatic N) is 3. The molecule has 0 bridgehead atoms. The summed E-state index contributed by atoms with van der Waals surface area (Å²) in [4.78, 5) is 16.4. The number of nitriles is 1. The summed E-state index contributed by atoms with van der Waals surface area (Å²) >= 11 is 0. The van der Waals surface area contributed by atoms with Crippen molar-refractivity contribution in [2.24, 2.45) is 0 Å². The van der Waals surface area contributed by atoms with E-state index in [1.54, 1.807) is 11.9 Å². The fourth-order valence-corrected chi connectivity index (χ4v) is 3.21. The van der Waals surface area contributed by atoms with Crippen molar-refractivity contribution >= 4 is 11.6 Å². The highest BCUT2D eigenvalue weighted by atomic mass is 16.2. The topological polar surface area (TPSA) is 59.4 Å². The fourth-order valence-electron chi connectivity index (χ4n) is 3.21. The van der Waals surface area contributed by atoms with Crippen molar-refractivity contribution in [2.75, 3.05) is 38.5 Å². The van der Waals surface area contributed by atoms with E-state index >= 15 is 0 Å². The minimum atomic E-state index is -0.303. The number of carbonyl (C=O) groups is 1. The average molecular weight is 342 g/mol. The predicted octanol–water partition coefficient (Wildman–Crippen LogP) is 2.89. The lowest BCUT2D eigenvalue weighted by Gasteiger charge is -2.26. The van der Waals surface area contributed by atoms with Crippen molar-refractivity contribution < 1.29 is 4.79 Å². The number of nitrogens with one attached hydrogen (secondary N) is 1. The van der Waals surface area contributed by atoms with Gasteiger partial charge in [0.2, 0.25) is 5.91 Å². The van der Waals surface area contributed by atoms with Crippen LogP contribution in [-0.2, 0) is 11.2 Å². The van der Waals surface area contributed by atoms with E-state index in [1.165, 1.54) is 37.9 Å². The zero-order valence-electron chi connectivity index (χ0n) is 15.5. The van der Waals surface area contributed by atoms with Crippen LogP contribution in [0, 0.1) is 11.3 Å². The Morgan fingerprint density at radius 1 is 1.28 bits per heavy atom. The number of hydrogen-bond donors (Lipinski definition) is 1. The molecule has 0 spiro atoms. The Hall–Kier alpha value is -2.06. The number of likely N-dealkylation sites (tertiary alicyclic amines) is 1. The van der Waals surface area contributed by atoms with Crippen LogP contribution in [0.15, 0.2) is 24.3 Å². The molecule has 0 saturated carbocycles. The van der Waals surface area contributed by atoms with Crippen LogP contribution in [0.1, 0.15) is 38.2 Å². The number of amides is 1. The molecule has 1 fully saturated rings. The quantitative estimate of drug-likeness (QED) is 0.789. The molecular formula is C20H30N4O. The molecule has 1 aromatic carbocycles. The normalized spacial score (nSPS) is 16.0. The molecule has 1 saturated heterocycles. The smallest absolute Gasteiger partial charge is 0.244 e. The van der Waals surface area contributed by atoms with Gasteiger partial charge >= 0.3 is 0 Å². The van der Waals surface area contributed by atoms with Crippen LogP contribution < -0.4 is 5.32 Å².